The van der Waals surface area contributed by atoms with Crippen LogP contribution in [0.3, 0.4) is 0 Å². The number of likely N-dealkylation sites (tertiary alicyclic amines) is 1. The van der Waals surface area contributed by atoms with Gasteiger partial charge in [-0.2, -0.15) is 0 Å². The van der Waals surface area contributed by atoms with E-state index >= 15 is 0 Å². The van der Waals surface area contributed by atoms with Gasteiger partial charge in [0.2, 0.25) is 0 Å². The van der Waals surface area contributed by atoms with Gasteiger partial charge < -0.3 is 14.7 Å². The average molecular weight is 275 g/mol. The predicted molar refractivity (Wildman–Crippen MR) is 75.3 cm³/mol. The van der Waals surface area contributed by atoms with Gasteiger partial charge in [-0.05, 0) is 30.4 Å². The highest BCUT2D eigenvalue weighted by atomic mass is 16.5. The number of aliphatic hydroxyl groups excluding tert-OH is 1. The Hall–Kier alpha value is -1.39. The zero-order valence-corrected chi connectivity index (χ0v) is 11.8. The minimum atomic E-state index is -0.230. The highest BCUT2D eigenvalue weighted by Gasteiger charge is 2.43. The first-order chi connectivity index (χ1) is 9.70. The van der Waals surface area contributed by atoms with Crippen LogP contribution < -0.4 is 0 Å². The van der Waals surface area contributed by atoms with E-state index in [1.54, 1.807) is 7.11 Å². The molecular weight excluding hydrogens is 254 g/mol. The van der Waals surface area contributed by atoms with Crippen LogP contribution in [0.25, 0.3) is 0 Å². The van der Waals surface area contributed by atoms with Gasteiger partial charge in [0.1, 0.15) is 0 Å². The summed E-state index contributed by atoms with van der Waals surface area (Å²) in [6.45, 7) is 1.92. The van der Waals surface area contributed by atoms with Gasteiger partial charge in [0.05, 0.1) is 12.7 Å². The number of rotatable bonds is 3. The van der Waals surface area contributed by atoms with Crippen molar-refractivity contribution in [1.82, 2.24) is 4.90 Å². The summed E-state index contributed by atoms with van der Waals surface area (Å²) in [6.07, 6.45) is 1.69. The summed E-state index contributed by atoms with van der Waals surface area (Å²) < 4.78 is 5.16. The van der Waals surface area contributed by atoms with Gasteiger partial charge in [0.15, 0.2) is 0 Å². The average Bonchev–Trinajstić information content (AvgIpc) is 3.02. The van der Waals surface area contributed by atoms with Crippen LogP contribution in [0, 0.1) is 11.8 Å². The van der Waals surface area contributed by atoms with Crippen molar-refractivity contribution in [2.45, 2.75) is 25.6 Å². The molecule has 20 heavy (non-hydrogen) atoms. The lowest BCUT2D eigenvalue weighted by molar-refractivity contribution is 0.0747. The molecule has 1 aliphatic carbocycles. The molecule has 1 saturated heterocycles. The maximum absolute atomic E-state index is 12.7. The molecule has 4 nitrogen and oxygen atoms in total. The van der Waals surface area contributed by atoms with Crippen molar-refractivity contribution in [2.75, 3.05) is 20.2 Å². The van der Waals surface area contributed by atoms with Crippen LogP contribution in [-0.4, -0.2) is 42.2 Å². The van der Waals surface area contributed by atoms with Gasteiger partial charge in [-0.3, -0.25) is 4.79 Å². The van der Waals surface area contributed by atoms with E-state index in [9.17, 15) is 9.90 Å². The highest BCUT2D eigenvalue weighted by molar-refractivity contribution is 5.95. The van der Waals surface area contributed by atoms with Crippen molar-refractivity contribution in [3.8, 4) is 0 Å². The van der Waals surface area contributed by atoms with E-state index in [0.29, 0.717) is 19.1 Å². The number of aliphatic hydroxyl groups is 1. The van der Waals surface area contributed by atoms with Gasteiger partial charge in [0.25, 0.3) is 5.91 Å². The third kappa shape index (κ3) is 2.34. The third-order valence-electron chi connectivity index (χ3n) is 4.65. The fourth-order valence-corrected chi connectivity index (χ4v) is 3.58. The molecule has 1 aliphatic heterocycles. The smallest absolute Gasteiger partial charge is 0.254 e. The number of methoxy groups -OCH3 is 1. The Bertz CT molecular complexity index is 502. The van der Waals surface area contributed by atoms with Gasteiger partial charge in [0, 0.05) is 31.7 Å². The standard InChI is InChI=1S/C16H21NO3/c1-20-10-12-4-2-3-5-13(12)16(19)17-8-11-6-7-15(18)14(11)9-17/h2-5,11,14-15,18H,6-10H2,1H3. The molecular formula is C16H21NO3. The van der Waals surface area contributed by atoms with Crippen molar-refractivity contribution in [2.24, 2.45) is 11.8 Å². The number of ether oxygens (including phenoxy) is 1. The summed E-state index contributed by atoms with van der Waals surface area (Å²) >= 11 is 0. The lowest BCUT2D eigenvalue weighted by Crippen LogP contribution is -2.31. The van der Waals surface area contributed by atoms with Gasteiger partial charge >= 0.3 is 0 Å². The lowest BCUT2D eigenvalue weighted by atomic mass is 10.00. The molecule has 1 N–H and O–H groups in total. The summed E-state index contributed by atoms with van der Waals surface area (Å²) in [5, 5.41) is 9.95. The molecule has 2 fully saturated rings. The van der Waals surface area contributed by atoms with E-state index in [1.165, 1.54) is 0 Å². The van der Waals surface area contributed by atoms with Crippen molar-refractivity contribution >= 4 is 5.91 Å². The van der Waals surface area contributed by atoms with Crippen molar-refractivity contribution < 1.29 is 14.6 Å². The molecule has 0 radical (unpaired) electrons. The first-order valence-electron chi connectivity index (χ1n) is 7.25. The zero-order chi connectivity index (χ0) is 14.1. The topological polar surface area (TPSA) is 49.8 Å². The molecule has 1 aromatic carbocycles. The second kappa shape index (κ2) is 5.54. The molecule has 0 bridgehead atoms. The van der Waals surface area contributed by atoms with E-state index in [1.807, 2.05) is 29.2 Å². The fourth-order valence-electron chi connectivity index (χ4n) is 3.58. The summed E-state index contributed by atoms with van der Waals surface area (Å²) in [6, 6.07) is 7.61. The Morgan fingerprint density at radius 2 is 2.15 bits per heavy atom. The Morgan fingerprint density at radius 3 is 2.90 bits per heavy atom. The summed E-state index contributed by atoms with van der Waals surface area (Å²) in [5.74, 6) is 0.816. The van der Waals surface area contributed by atoms with E-state index in [2.05, 4.69) is 0 Å². The van der Waals surface area contributed by atoms with E-state index in [0.717, 1.165) is 30.5 Å². The van der Waals surface area contributed by atoms with Crippen LogP contribution in [0.15, 0.2) is 24.3 Å². The summed E-state index contributed by atoms with van der Waals surface area (Å²) in [4.78, 5) is 14.6. The van der Waals surface area contributed by atoms with Crippen molar-refractivity contribution in [1.29, 1.82) is 0 Å². The Morgan fingerprint density at radius 1 is 1.35 bits per heavy atom. The summed E-state index contributed by atoms with van der Waals surface area (Å²) in [5.41, 5.74) is 1.65. The predicted octanol–water partition coefficient (Wildman–Crippen LogP) is 1.68. The van der Waals surface area contributed by atoms with Gasteiger partial charge in [-0.25, -0.2) is 0 Å². The number of carbonyl (C=O) groups excluding carboxylic acids is 1. The molecule has 2 aliphatic rings. The molecule has 1 heterocycles. The number of nitrogens with zero attached hydrogens (tertiary/aromatic N) is 1. The molecule has 1 saturated carbocycles. The third-order valence-corrected chi connectivity index (χ3v) is 4.65. The molecule has 1 amide bonds. The van der Waals surface area contributed by atoms with Crippen LogP contribution in [0.5, 0.6) is 0 Å². The van der Waals surface area contributed by atoms with Gasteiger partial charge in [-0.1, -0.05) is 18.2 Å². The molecule has 0 aromatic heterocycles. The normalized spacial score (nSPS) is 28.7. The number of amides is 1. The molecule has 108 valence electrons. The molecule has 3 rings (SSSR count). The van der Waals surface area contributed by atoms with Gasteiger partial charge in [-0.15, -0.1) is 0 Å². The molecule has 4 heteroatoms. The lowest BCUT2D eigenvalue weighted by Gasteiger charge is -2.20. The minimum Gasteiger partial charge on any atom is -0.393 e. The first kappa shape index (κ1) is 13.6. The largest absolute Gasteiger partial charge is 0.393 e. The Balaban J connectivity index is 1.77. The second-order valence-corrected chi connectivity index (χ2v) is 5.87. The second-order valence-electron chi connectivity index (χ2n) is 5.87. The molecule has 3 unspecified atom stereocenters. The molecule has 1 aromatic rings. The van der Waals surface area contributed by atoms with Crippen LogP contribution in [0.1, 0.15) is 28.8 Å². The number of benzene rings is 1. The van der Waals surface area contributed by atoms with E-state index < -0.39 is 0 Å². The van der Waals surface area contributed by atoms with E-state index in [-0.39, 0.29) is 17.9 Å². The van der Waals surface area contributed by atoms with Crippen LogP contribution >= 0.6 is 0 Å². The Labute approximate surface area is 119 Å². The number of hydrogen-bond acceptors (Lipinski definition) is 3. The minimum absolute atomic E-state index is 0.0688. The monoisotopic (exact) mass is 275 g/mol. The first-order valence-corrected chi connectivity index (χ1v) is 7.25. The van der Waals surface area contributed by atoms with Crippen molar-refractivity contribution in [3.05, 3.63) is 35.4 Å². The van der Waals surface area contributed by atoms with Crippen molar-refractivity contribution in [3.63, 3.8) is 0 Å². The number of carbonyl (C=O) groups is 1. The summed E-state index contributed by atoms with van der Waals surface area (Å²) in [7, 11) is 1.64. The quantitative estimate of drug-likeness (QED) is 0.913. The fraction of sp³-hybridized carbons (Fsp3) is 0.562. The van der Waals surface area contributed by atoms with Crippen LogP contribution in [0.4, 0.5) is 0 Å². The Kier molecular flexibility index (Phi) is 3.76. The highest BCUT2D eigenvalue weighted by Crippen LogP contribution is 2.38. The SMILES string of the molecule is COCc1ccccc1C(=O)N1CC2CCC(O)C2C1. The van der Waals surface area contributed by atoms with Crippen LogP contribution in [-0.2, 0) is 11.3 Å². The molecule has 0 spiro atoms. The van der Waals surface area contributed by atoms with Crippen LogP contribution in [0.2, 0.25) is 0 Å². The number of hydrogen-bond donors (Lipinski definition) is 1. The van der Waals surface area contributed by atoms with E-state index in [4.69, 9.17) is 4.74 Å². The maximum atomic E-state index is 12.7. The molecule has 3 atom stereocenters. The maximum Gasteiger partial charge on any atom is 0.254 e. The zero-order valence-electron chi connectivity index (χ0n) is 11.8. The number of fused-ring (bicyclic) bond motifs is 1.